The van der Waals surface area contributed by atoms with Crippen LogP contribution in [0.3, 0.4) is 0 Å². The number of carbonyl (C=O) groups is 1. The lowest BCUT2D eigenvalue weighted by molar-refractivity contribution is 0.0724. The maximum Gasteiger partial charge on any atom is 0.257 e. The van der Waals surface area contributed by atoms with Gasteiger partial charge in [-0.2, -0.15) is 0 Å². The Labute approximate surface area is 167 Å². The van der Waals surface area contributed by atoms with Gasteiger partial charge in [-0.05, 0) is 58.1 Å². The van der Waals surface area contributed by atoms with Gasteiger partial charge < -0.3 is 14.4 Å². The number of hydrogen-bond acceptors (Lipinski definition) is 4. The minimum atomic E-state index is 0.133. The Bertz CT molecular complexity index is 809. The van der Waals surface area contributed by atoms with Crippen LogP contribution in [0.15, 0.2) is 30.7 Å². The van der Waals surface area contributed by atoms with Gasteiger partial charge in [0.2, 0.25) is 0 Å². The Hall–Kier alpha value is -2.37. The molecule has 28 heavy (non-hydrogen) atoms. The predicted molar refractivity (Wildman–Crippen MR) is 111 cm³/mol. The molecule has 2 aromatic heterocycles. The maximum atomic E-state index is 13.2. The molecule has 6 nitrogen and oxygen atoms in total. The Morgan fingerprint density at radius 3 is 2.68 bits per heavy atom. The van der Waals surface area contributed by atoms with Gasteiger partial charge in [0.15, 0.2) is 0 Å². The highest BCUT2D eigenvalue weighted by Crippen LogP contribution is 2.31. The number of likely N-dealkylation sites (tertiary alicyclic amines) is 1. The molecule has 0 aromatic carbocycles. The molecule has 6 heteroatoms. The first-order valence-electron chi connectivity index (χ1n) is 10.7. The van der Waals surface area contributed by atoms with Gasteiger partial charge in [0, 0.05) is 56.7 Å². The van der Waals surface area contributed by atoms with Crippen molar-refractivity contribution in [3.05, 3.63) is 42.1 Å². The Balaban J connectivity index is 1.57. The molecule has 2 saturated heterocycles. The number of anilines is 1. The van der Waals surface area contributed by atoms with Crippen LogP contribution in [0.25, 0.3) is 0 Å². The zero-order chi connectivity index (χ0) is 19.5. The van der Waals surface area contributed by atoms with Crippen LogP contribution in [0.2, 0.25) is 0 Å². The summed E-state index contributed by atoms with van der Waals surface area (Å²) in [5.74, 6) is 2.49. The molecule has 4 heterocycles. The molecular weight excluding hydrogens is 350 g/mol. The smallest absolute Gasteiger partial charge is 0.257 e. The quantitative estimate of drug-likeness (QED) is 0.807. The molecule has 2 aromatic rings. The van der Waals surface area contributed by atoms with Crippen LogP contribution < -0.4 is 4.90 Å². The van der Waals surface area contributed by atoms with Gasteiger partial charge in [-0.25, -0.2) is 9.97 Å². The van der Waals surface area contributed by atoms with Crippen LogP contribution in [0.4, 0.5) is 5.82 Å². The highest BCUT2D eigenvalue weighted by Gasteiger charge is 2.29. The summed E-state index contributed by atoms with van der Waals surface area (Å²) in [5, 5.41) is 0. The molecule has 0 bridgehead atoms. The van der Waals surface area contributed by atoms with Crippen molar-refractivity contribution >= 4 is 11.7 Å². The first-order chi connectivity index (χ1) is 13.6. The molecule has 0 aliphatic carbocycles. The number of aromatic nitrogens is 3. The normalized spacial score (nSPS) is 20.6. The van der Waals surface area contributed by atoms with Crippen molar-refractivity contribution in [1.82, 2.24) is 19.4 Å². The van der Waals surface area contributed by atoms with Gasteiger partial charge in [0.25, 0.3) is 5.91 Å². The summed E-state index contributed by atoms with van der Waals surface area (Å²) >= 11 is 0. The largest absolute Gasteiger partial charge is 0.355 e. The van der Waals surface area contributed by atoms with Gasteiger partial charge in [0.05, 0.1) is 5.56 Å². The molecule has 0 saturated carbocycles. The summed E-state index contributed by atoms with van der Waals surface area (Å²) < 4.78 is 2.27. The zero-order valence-electron chi connectivity index (χ0n) is 17.0. The van der Waals surface area contributed by atoms with E-state index >= 15 is 0 Å². The van der Waals surface area contributed by atoms with Crippen molar-refractivity contribution in [2.45, 2.75) is 57.9 Å². The van der Waals surface area contributed by atoms with Gasteiger partial charge >= 0.3 is 0 Å². The molecule has 1 amide bonds. The van der Waals surface area contributed by atoms with Gasteiger partial charge in [-0.1, -0.05) is 0 Å². The fraction of sp³-hybridized carbons (Fsp3) is 0.591. The topological polar surface area (TPSA) is 54.3 Å². The number of imidazole rings is 1. The average molecular weight is 382 g/mol. The highest BCUT2D eigenvalue weighted by atomic mass is 16.2. The van der Waals surface area contributed by atoms with Gasteiger partial charge in [0.1, 0.15) is 11.6 Å². The van der Waals surface area contributed by atoms with Crippen molar-refractivity contribution in [3.8, 4) is 0 Å². The number of pyridine rings is 1. The maximum absolute atomic E-state index is 13.2. The summed E-state index contributed by atoms with van der Waals surface area (Å²) in [7, 11) is 0. The molecule has 0 radical (unpaired) electrons. The molecule has 2 aliphatic heterocycles. The molecule has 1 atom stereocenters. The molecular formula is C22H31N5O. The molecule has 2 aliphatic rings. The third kappa shape index (κ3) is 3.77. The lowest BCUT2D eigenvalue weighted by Crippen LogP contribution is -2.40. The standard InChI is InChI=1S/C22H31N5O/c1-17(2)27-15-11-24-20(27)18-8-7-14-26(16-18)21-19(9-6-10-23-21)22(28)25-12-4-3-5-13-25/h6,9-11,15,17-18H,3-5,7-8,12-14,16H2,1-2H3. The van der Waals surface area contributed by atoms with Crippen LogP contribution in [-0.2, 0) is 0 Å². The van der Waals surface area contributed by atoms with Crippen molar-refractivity contribution in [2.24, 2.45) is 0 Å². The first-order valence-corrected chi connectivity index (χ1v) is 10.7. The summed E-state index contributed by atoms with van der Waals surface area (Å²) in [6, 6.07) is 4.23. The molecule has 150 valence electrons. The summed E-state index contributed by atoms with van der Waals surface area (Å²) in [6.45, 7) is 7.92. The van der Waals surface area contributed by atoms with Crippen LogP contribution in [0, 0.1) is 0 Å². The second kappa shape index (κ2) is 8.33. The minimum absolute atomic E-state index is 0.133. The Morgan fingerprint density at radius 1 is 1.07 bits per heavy atom. The Kier molecular flexibility index (Phi) is 5.64. The van der Waals surface area contributed by atoms with Crippen molar-refractivity contribution in [1.29, 1.82) is 0 Å². The first kappa shape index (κ1) is 19.0. The number of piperidine rings is 2. The number of hydrogen-bond donors (Lipinski definition) is 0. The number of nitrogens with zero attached hydrogens (tertiary/aromatic N) is 5. The van der Waals surface area contributed by atoms with Gasteiger partial charge in [-0.3, -0.25) is 4.79 Å². The van der Waals surface area contributed by atoms with Crippen LogP contribution in [0.5, 0.6) is 0 Å². The fourth-order valence-corrected chi connectivity index (χ4v) is 4.54. The second-order valence-corrected chi connectivity index (χ2v) is 8.30. The van der Waals surface area contributed by atoms with Crippen molar-refractivity contribution < 1.29 is 4.79 Å². The zero-order valence-corrected chi connectivity index (χ0v) is 17.0. The van der Waals surface area contributed by atoms with E-state index in [4.69, 9.17) is 0 Å². The molecule has 0 spiro atoms. The molecule has 4 rings (SSSR count). The van der Waals surface area contributed by atoms with E-state index in [2.05, 4.69) is 39.5 Å². The summed E-state index contributed by atoms with van der Waals surface area (Å²) in [5.41, 5.74) is 0.747. The predicted octanol–water partition coefficient (Wildman–Crippen LogP) is 3.87. The number of amides is 1. The summed E-state index contributed by atoms with van der Waals surface area (Å²) in [6.07, 6.45) is 11.4. The van der Waals surface area contributed by atoms with E-state index < -0.39 is 0 Å². The third-order valence-electron chi connectivity index (χ3n) is 6.00. The molecule has 2 fully saturated rings. The van der Waals surface area contributed by atoms with E-state index in [-0.39, 0.29) is 5.91 Å². The van der Waals surface area contributed by atoms with Crippen LogP contribution in [0.1, 0.15) is 74.1 Å². The number of carbonyl (C=O) groups excluding carboxylic acids is 1. The monoisotopic (exact) mass is 381 g/mol. The van der Waals surface area contributed by atoms with Crippen molar-refractivity contribution in [3.63, 3.8) is 0 Å². The molecule has 1 unspecified atom stereocenters. The number of rotatable bonds is 4. The molecule has 0 N–H and O–H groups in total. The van der Waals surface area contributed by atoms with Crippen molar-refractivity contribution in [2.75, 3.05) is 31.1 Å². The van der Waals surface area contributed by atoms with E-state index in [9.17, 15) is 4.79 Å². The van der Waals surface area contributed by atoms with E-state index in [1.54, 1.807) is 6.20 Å². The second-order valence-electron chi connectivity index (χ2n) is 8.30. The lowest BCUT2D eigenvalue weighted by Gasteiger charge is -2.35. The highest BCUT2D eigenvalue weighted by molar-refractivity contribution is 5.99. The summed E-state index contributed by atoms with van der Waals surface area (Å²) in [4.78, 5) is 26.8. The van der Waals surface area contributed by atoms with E-state index in [1.807, 2.05) is 23.2 Å². The van der Waals surface area contributed by atoms with E-state index in [0.29, 0.717) is 12.0 Å². The SMILES string of the molecule is CC(C)n1ccnc1C1CCCN(c2ncccc2C(=O)N2CCCCC2)C1. The van der Waals surface area contributed by atoms with Gasteiger partial charge in [-0.15, -0.1) is 0 Å². The Morgan fingerprint density at radius 2 is 1.89 bits per heavy atom. The fourth-order valence-electron chi connectivity index (χ4n) is 4.54. The minimum Gasteiger partial charge on any atom is -0.355 e. The van der Waals surface area contributed by atoms with Crippen LogP contribution in [-0.4, -0.2) is 51.5 Å². The lowest BCUT2D eigenvalue weighted by atomic mass is 9.96. The average Bonchev–Trinajstić information content (AvgIpc) is 3.24. The third-order valence-corrected chi connectivity index (χ3v) is 6.00. The van der Waals surface area contributed by atoms with Crippen LogP contribution >= 0.6 is 0 Å². The van der Waals surface area contributed by atoms with E-state index in [0.717, 1.165) is 69.1 Å². The van der Waals surface area contributed by atoms with E-state index in [1.165, 1.54) is 6.42 Å².